The summed E-state index contributed by atoms with van der Waals surface area (Å²) in [6.07, 6.45) is 1.25. The maximum atomic E-state index is 11.6. The Kier molecular flexibility index (Phi) is 3.14. The highest BCUT2D eigenvalue weighted by atomic mass is 32.2. The molecule has 1 aromatic carbocycles. The molecule has 0 unspecified atom stereocenters. The minimum absolute atomic E-state index is 0.0544. The second-order valence-electron chi connectivity index (χ2n) is 2.78. The first-order valence-corrected chi connectivity index (χ1v) is 5.32. The molecule has 0 saturated heterocycles. The Morgan fingerprint density at radius 1 is 1.33 bits per heavy atom. The summed E-state index contributed by atoms with van der Waals surface area (Å²) in [7, 11) is 0. The summed E-state index contributed by atoms with van der Waals surface area (Å²) < 4.78 is 4.91. The molecule has 0 spiro atoms. The highest BCUT2D eigenvalue weighted by molar-refractivity contribution is 7.99. The number of hydrogen-bond donors (Lipinski definition) is 0. The molecule has 0 fully saturated rings. The van der Waals surface area contributed by atoms with Crippen LogP contribution in [0.15, 0.2) is 46.4 Å². The largest absolute Gasteiger partial charge is 0.419 e. The van der Waals surface area contributed by atoms with Crippen LogP contribution >= 0.6 is 11.8 Å². The lowest BCUT2D eigenvalue weighted by Gasteiger charge is -1.97. The molecule has 5 heteroatoms. The third-order valence-corrected chi connectivity index (χ3v) is 2.59. The molecule has 0 N–H and O–H groups in total. The molecule has 0 amide bonds. The van der Waals surface area contributed by atoms with Crippen LogP contribution < -0.4 is 0 Å². The third-order valence-electron chi connectivity index (χ3n) is 1.76. The standard InChI is InChI=1S/C10H8N2O2S/c13-9(8-4-2-1-3-5-8)6-15-10-12-11-7-14-10/h1-5,7H,6H2. The first kappa shape index (κ1) is 9.92. The van der Waals surface area contributed by atoms with Crippen LogP contribution in [0.2, 0.25) is 0 Å². The van der Waals surface area contributed by atoms with Crippen LogP contribution in [0.1, 0.15) is 10.4 Å². The molecule has 76 valence electrons. The molecular weight excluding hydrogens is 212 g/mol. The molecule has 0 aliphatic heterocycles. The Labute approximate surface area is 90.7 Å². The molecule has 2 aromatic rings. The van der Waals surface area contributed by atoms with Crippen LogP contribution in [0, 0.1) is 0 Å². The molecule has 4 nitrogen and oxygen atoms in total. The van der Waals surface area contributed by atoms with Gasteiger partial charge in [-0.05, 0) is 0 Å². The number of carbonyl (C=O) groups is 1. The number of Topliss-reactive ketones (excluding diaryl/α,β-unsaturated/α-hetero) is 1. The minimum Gasteiger partial charge on any atom is -0.419 e. The van der Waals surface area contributed by atoms with E-state index < -0.39 is 0 Å². The number of rotatable bonds is 4. The third kappa shape index (κ3) is 2.66. The molecule has 0 atom stereocenters. The minimum atomic E-state index is 0.0544. The SMILES string of the molecule is O=C(CSc1nnco1)c1ccccc1. The van der Waals surface area contributed by atoms with E-state index in [0.717, 1.165) is 0 Å². The van der Waals surface area contributed by atoms with Crippen LogP contribution in [-0.2, 0) is 0 Å². The average molecular weight is 220 g/mol. The molecule has 15 heavy (non-hydrogen) atoms. The normalized spacial score (nSPS) is 10.1. The van der Waals surface area contributed by atoms with Crippen molar-refractivity contribution in [2.45, 2.75) is 5.22 Å². The fourth-order valence-electron chi connectivity index (χ4n) is 1.06. The van der Waals surface area contributed by atoms with E-state index in [4.69, 9.17) is 4.42 Å². The van der Waals surface area contributed by atoms with E-state index in [-0.39, 0.29) is 5.78 Å². The zero-order valence-electron chi connectivity index (χ0n) is 7.79. The van der Waals surface area contributed by atoms with E-state index >= 15 is 0 Å². The van der Waals surface area contributed by atoms with E-state index in [1.807, 2.05) is 18.2 Å². The van der Waals surface area contributed by atoms with Gasteiger partial charge in [-0.1, -0.05) is 42.1 Å². The van der Waals surface area contributed by atoms with Gasteiger partial charge in [0, 0.05) is 5.56 Å². The maximum Gasteiger partial charge on any atom is 0.276 e. The summed E-state index contributed by atoms with van der Waals surface area (Å²) in [6, 6.07) is 9.13. The van der Waals surface area contributed by atoms with Crippen LogP contribution in [0.5, 0.6) is 0 Å². The summed E-state index contributed by atoms with van der Waals surface area (Å²) >= 11 is 1.24. The lowest BCUT2D eigenvalue weighted by Crippen LogP contribution is -2.01. The second-order valence-corrected chi connectivity index (χ2v) is 3.71. The quantitative estimate of drug-likeness (QED) is 0.583. The van der Waals surface area contributed by atoms with Gasteiger partial charge in [-0.15, -0.1) is 10.2 Å². The average Bonchev–Trinajstić information content (AvgIpc) is 2.80. The van der Waals surface area contributed by atoms with Crippen molar-refractivity contribution in [2.75, 3.05) is 5.75 Å². The van der Waals surface area contributed by atoms with E-state index in [0.29, 0.717) is 16.5 Å². The molecule has 2 rings (SSSR count). The number of carbonyl (C=O) groups excluding carboxylic acids is 1. The van der Waals surface area contributed by atoms with Crippen molar-refractivity contribution < 1.29 is 9.21 Å². The lowest BCUT2D eigenvalue weighted by atomic mass is 10.2. The van der Waals surface area contributed by atoms with Crippen molar-refractivity contribution in [3.8, 4) is 0 Å². The van der Waals surface area contributed by atoms with E-state index in [1.54, 1.807) is 12.1 Å². The molecule has 1 heterocycles. The zero-order valence-corrected chi connectivity index (χ0v) is 8.61. The van der Waals surface area contributed by atoms with Crippen molar-refractivity contribution in [1.82, 2.24) is 10.2 Å². The van der Waals surface area contributed by atoms with Gasteiger partial charge >= 0.3 is 0 Å². The van der Waals surface area contributed by atoms with Gasteiger partial charge in [0.05, 0.1) is 5.75 Å². The predicted molar refractivity (Wildman–Crippen MR) is 55.8 cm³/mol. The van der Waals surface area contributed by atoms with Crippen molar-refractivity contribution in [3.05, 3.63) is 42.3 Å². The molecule has 0 saturated carbocycles. The topological polar surface area (TPSA) is 56.0 Å². The molecule has 1 aromatic heterocycles. The van der Waals surface area contributed by atoms with Crippen molar-refractivity contribution >= 4 is 17.5 Å². The summed E-state index contributed by atoms with van der Waals surface area (Å²) in [6.45, 7) is 0. The summed E-state index contributed by atoms with van der Waals surface area (Å²) in [5.41, 5.74) is 0.699. The van der Waals surface area contributed by atoms with Gasteiger partial charge in [0.15, 0.2) is 5.78 Å². The predicted octanol–water partition coefficient (Wildman–Crippen LogP) is 2.04. The molecule has 0 aliphatic carbocycles. The van der Waals surface area contributed by atoms with Gasteiger partial charge in [-0.3, -0.25) is 4.79 Å². The first-order chi connectivity index (χ1) is 7.36. The Hall–Kier alpha value is -1.62. The monoisotopic (exact) mass is 220 g/mol. The number of hydrogen-bond acceptors (Lipinski definition) is 5. The summed E-state index contributed by atoms with van der Waals surface area (Å²) in [5, 5.41) is 7.62. The van der Waals surface area contributed by atoms with Gasteiger partial charge in [0.1, 0.15) is 0 Å². The van der Waals surface area contributed by atoms with Crippen LogP contribution in [0.25, 0.3) is 0 Å². The van der Waals surface area contributed by atoms with Gasteiger partial charge < -0.3 is 4.42 Å². The van der Waals surface area contributed by atoms with Crippen molar-refractivity contribution in [3.63, 3.8) is 0 Å². The summed E-state index contributed by atoms with van der Waals surface area (Å²) in [5.74, 6) is 0.366. The van der Waals surface area contributed by atoms with Crippen molar-refractivity contribution in [1.29, 1.82) is 0 Å². The van der Waals surface area contributed by atoms with Gasteiger partial charge in [-0.25, -0.2) is 0 Å². The Bertz CT molecular complexity index is 428. The highest BCUT2D eigenvalue weighted by Crippen LogP contribution is 2.15. The Morgan fingerprint density at radius 2 is 2.13 bits per heavy atom. The molecule has 0 aliphatic rings. The van der Waals surface area contributed by atoms with E-state index in [1.165, 1.54) is 18.2 Å². The van der Waals surface area contributed by atoms with Gasteiger partial charge in [-0.2, -0.15) is 0 Å². The van der Waals surface area contributed by atoms with Crippen LogP contribution in [0.4, 0.5) is 0 Å². The number of benzene rings is 1. The number of ketones is 1. The van der Waals surface area contributed by atoms with E-state index in [2.05, 4.69) is 10.2 Å². The van der Waals surface area contributed by atoms with Gasteiger partial charge in [0.2, 0.25) is 6.39 Å². The fraction of sp³-hybridized carbons (Fsp3) is 0.100. The maximum absolute atomic E-state index is 11.6. The van der Waals surface area contributed by atoms with Crippen LogP contribution in [0.3, 0.4) is 0 Å². The van der Waals surface area contributed by atoms with Crippen LogP contribution in [-0.4, -0.2) is 21.7 Å². The lowest BCUT2D eigenvalue weighted by molar-refractivity contribution is 0.102. The van der Waals surface area contributed by atoms with E-state index in [9.17, 15) is 4.79 Å². The molecular formula is C10H8N2O2S. The first-order valence-electron chi connectivity index (χ1n) is 4.33. The number of aromatic nitrogens is 2. The smallest absolute Gasteiger partial charge is 0.276 e. The fourth-order valence-corrected chi connectivity index (χ4v) is 1.70. The van der Waals surface area contributed by atoms with Crippen molar-refractivity contribution in [2.24, 2.45) is 0 Å². The Morgan fingerprint density at radius 3 is 2.80 bits per heavy atom. The highest BCUT2D eigenvalue weighted by Gasteiger charge is 2.07. The van der Waals surface area contributed by atoms with Gasteiger partial charge in [0.25, 0.3) is 5.22 Å². The number of nitrogens with zero attached hydrogens (tertiary/aromatic N) is 2. The second kappa shape index (κ2) is 4.75. The molecule has 0 bridgehead atoms. The number of thioether (sulfide) groups is 1. The molecule has 0 radical (unpaired) electrons. The summed E-state index contributed by atoms with van der Waals surface area (Å²) in [4.78, 5) is 11.6. The Balaban J connectivity index is 1.94. The zero-order chi connectivity index (χ0) is 10.5.